The van der Waals surface area contributed by atoms with E-state index in [-0.39, 0.29) is 11.6 Å². The molecule has 29 heavy (non-hydrogen) atoms. The number of fused-ring (bicyclic) bond motifs is 1. The number of pyridine rings is 2. The number of methoxy groups -OCH3 is 2. The molecule has 0 radical (unpaired) electrons. The highest BCUT2D eigenvalue weighted by atomic mass is 32.2. The summed E-state index contributed by atoms with van der Waals surface area (Å²) in [5, 5.41) is 0.600. The Morgan fingerprint density at radius 1 is 1.10 bits per heavy atom. The van der Waals surface area contributed by atoms with Crippen LogP contribution in [0.2, 0.25) is 0 Å². The first kappa shape index (κ1) is 20.8. The van der Waals surface area contributed by atoms with Crippen molar-refractivity contribution in [1.82, 2.24) is 9.97 Å². The van der Waals surface area contributed by atoms with E-state index in [1.807, 2.05) is 0 Å². The number of ether oxygens (including phenoxy) is 3. The molecule has 0 aliphatic carbocycles. The molecule has 0 aliphatic heterocycles. The van der Waals surface area contributed by atoms with Crippen molar-refractivity contribution in [3.05, 3.63) is 42.2 Å². The lowest BCUT2D eigenvalue weighted by molar-refractivity contribution is 0.0770. The molecule has 11 heteroatoms. The van der Waals surface area contributed by atoms with Gasteiger partial charge in [0.2, 0.25) is 11.8 Å². The average molecular weight is 427 g/mol. The molecule has 0 aliphatic rings. The summed E-state index contributed by atoms with van der Waals surface area (Å²) in [6.07, 6.45) is -2.79. The summed E-state index contributed by atoms with van der Waals surface area (Å²) in [4.78, 5) is 8.38. The van der Waals surface area contributed by atoms with Gasteiger partial charge in [-0.2, -0.15) is 9.71 Å². The SMILES string of the molecule is COc1ccc2c([S+]([O-])Nc3cc(F)c(OCC(F)F)nc3OC)cccc2n1. The minimum Gasteiger partial charge on any atom is -0.588 e. The summed E-state index contributed by atoms with van der Waals surface area (Å²) in [5.41, 5.74) is 0.523. The van der Waals surface area contributed by atoms with Gasteiger partial charge >= 0.3 is 0 Å². The van der Waals surface area contributed by atoms with E-state index in [1.165, 1.54) is 14.2 Å². The highest BCUT2D eigenvalue weighted by Crippen LogP contribution is 2.32. The van der Waals surface area contributed by atoms with Gasteiger partial charge in [0, 0.05) is 12.1 Å². The summed E-state index contributed by atoms with van der Waals surface area (Å²) in [6.45, 7) is -1.02. The van der Waals surface area contributed by atoms with Gasteiger partial charge in [0.05, 0.1) is 25.1 Å². The van der Waals surface area contributed by atoms with Crippen LogP contribution in [0.3, 0.4) is 0 Å². The van der Waals surface area contributed by atoms with Gasteiger partial charge < -0.3 is 18.8 Å². The Kier molecular flexibility index (Phi) is 6.49. The molecule has 1 N–H and O–H groups in total. The van der Waals surface area contributed by atoms with Crippen LogP contribution in [0.15, 0.2) is 41.3 Å². The highest BCUT2D eigenvalue weighted by Gasteiger charge is 2.22. The Morgan fingerprint density at radius 2 is 1.90 bits per heavy atom. The van der Waals surface area contributed by atoms with Crippen LogP contribution in [-0.4, -0.2) is 41.8 Å². The van der Waals surface area contributed by atoms with Gasteiger partial charge in [-0.1, -0.05) is 6.07 Å². The van der Waals surface area contributed by atoms with Crippen LogP contribution >= 0.6 is 0 Å². The lowest BCUT2D eigenvalue weighted by atomic mass is 10.2. The topological polar surface area (TPSA) is 88.6 Å². The lowest BCUT2D eigenvalue weighted by Crippen LogP contribution is -2.16. The van der Waals surface area contributed by atoms with E-state index in [0.29, 0.717) is 21.7 Å². The van der Waals surface area contributed by atoms with E-state index < -0.39 is 36.1 Å². The second kappa shape index (κ2) is 9.05. The van der Waals surface area contributed by atoms with Crippen LogP contribution in [0.4, 0.5) is 18.9 Å². The maximum atomic E-state index is 14.2. The molecule has 3 aromatic rings. The number of nitrogens with zero attached hydrogens (tertiary/aromatic N) is 2. The van der Waals surface area contributed by atoms with Gasteiger partial charge in [0.25, 0.3) is 12.3 Å². The van der Waals surface area contributed by atoms with Crippen LogP contribution in [0.5, 0.6) is 17.6 Å². The normalized spacial score (nSPS) is 12.1. The molecule has 0 fully saturated rings. The summed E-state index contributed by atoms with van der Waals surface area (Å²) in [7, 11) is 2.74. The number of rotatable bonds is 8. The molecular formula is C18H16F3N3O4S. The number of anilines is 1. The molecular weight excluding hydrogens is 411 g/mol. The monoisotopic (exact) mass is 427 g/mol. The van der Waals surface area contributed by atoms with Gasteiger partial charge in [0.1, 0.15) is 17.0 Å². The predicted molar refractivity (Wildman–Crippen MR) is 101 cm³/mol. The van der Waals surface area contributed by atoms with Crippen molar-refractivity contribution in [1.29, 1.82) is 0 Å². The van der Waals surface area contributed by atoms with Crippen molar-refractivity contribution in [2.45, 2.75) is 11.3 Å². The average Bonchev–Trinajstić information content (AvgIpc) is 2.72. The standard InChI is InChI=1S/C18H16F3N3O4S/c1-26-16-7-6-10-12(22-16)4-3-5-14(10)29(25)24-13-8-11(19)17(23-18(13)27-2)28-9-15(20)21/h3-8,15,24H,9H2,1-2H3. The van der Waals surface area contributed by atoms with E-state index >= 15 is 0 Å². The molecule has 1 atom stereocenters. The molecule has 1 aromatic carbocycles. The molecule has 0 saturated heterocycles. The number of hydrogen-bond acceptors (Lipinski definition) is 7. The van der Waals surface area contributed by atoms with Crippen LogP contribution in [0.25, 0.3) is 10.9 Å². The van der Waals surface area contributed by atoms with E-state index in [9.17, 15) is 17.7 Å². The third kappa shape index (κ3) is 4.74. The smallest absolute Gasteiger partial charge is 0.272 e. The van der Waals surface area contributed by atoms with Crippen LogP contribution in [0, 0.1) is 5.82 Å². The van der Waals surface area contributed by atoms with Gasteiger partial charge in [-0.05, 0) is 18.2 Å². The summed E-state index contributed by atoms with van der Waals surface area (Å²) in [5.74, 6) is -1.40. The quantitative estimate of drug-likeness (QED) is 0.550. The Labute approximate surface area is 167 Å². The zero-order valence-electron chi connectivity index (χ0n) is 15.3. The molecule has 1 unspecified atom stereocenters. The van der Waals surface area contributed by atoms with Crippen molar-refractivity contribution in [3.63, 3.8) is 0 Å². The molecule has 0 saturated carbocycles. The maximum absolute atomic E-state index is 14.2. The highest BCUT2D eigenvalue weighted by molar-refractivity contribution is 7.93. The first-order valence-corrected chi connectivity index (χ1v) is 9.35. The van der Waals surface area contributed by atoms with E-state index in [1.54, 1.807) is 30.3 Å². The number of aromatic nitrogens is 2. The molecule has 2 aromatic heterocycles. The Morgan fingerprint density at radius 3 is 2.59 bits per heavy atom. The maximum Gasteiger partial charge on any atom is 0.272 e. The number of hydrogen-bond donors (Lipinski definition) is 1. The number of halogens is 3. The van der Waals surface area contributed by atoms with Crippen LogP contribution < -0.4 is 18.9 Å². The van der Waals surface area contributed by atoms with Crippen molar-refractivity contribution in [2.75, 3.05) is 25.5 Å². The first-order chi connectivity index (χ1) is 13.9. The van der Waals surface area contributed by atoms with Gasteiger partial charge in [0.15, 0.2) is 17.3 Å². The van der Waals surface area contributed by atoms with Crippen LogP contribution in [-0.2, 0) is 11.4 Å². The fourth-order valence-electron chi connectivity index (χ4n) is 2.47. The summed E-state index contributed by atoms with van der Waals surface area (Å²) in [6, 6.07) is 9.26. The van der Waals surface area contributed by atoms with Gasteiger partial charge in [-0.25, -0.2) is 18.2 Å². The fraction of sp³-hybridized carbons (Fsp3) is 0.222. The zero-order chi connectivity index (χ0) is 21.0. The Bertz CT molecular complexity index is 1010. The minimum absolute atomic E-state index is 0.0359. The summed E-state index contributed by atoms with van der Waals surface area (Å²) >= 11 is -1.83. The fourth-order valence-corrected chi connectivity index (χ4v) is 3.50. The predicted octanol–water partition coefficient (Wildman–Crippen LogP) is 3.56. The molecule has 0 spiro atoms. The molecule has 7 nitrogen and oxygen atoms in total. The summed E-state index contributed by atoms with van der Waals surface area (Å²) < 4.78 is 68.9. The first-order valence-electron chi connectivity index (χ1n) is 8.20. The van der Waals surface area contributed by atoms with Crippen molar-refractivity contribution in [3.8, 4) is 17.6 Å². The molecule has 0 amide bonds. The van der Waals surface area contributed by atoms with Gasteiger partial charge in [-0.15, -0.1) is 0 Å². The number of benzene rings is 1. The lowest BCUT2D eigenvalue weighted by Gasteiger charge is -2.16. The molecule has 0 bridgehead atoms. The van der Waals surface area contributed by atoms with E-state index in [0.717, 1.165) is 6.07 Å². The number of alkyl halides is 2. The Hall–Kier alpha value is -2.92. The second-order valence-electron chi connectivity index (χ2n) is 5.58. The van der Waals surface area contributed by atoms with Crippen molar-refractivity contribution in [2.24, 2.45) is 0 Å². The van der Waals surface area contributed by atoms with E-state index in [4.69, 9.17) is 9.47 Å². The third-order valence-corrected chi connectivity index (χ3v) is 4.89. The van der Waals surface area contributed by atoms with E-state index in [2.05, 4.69) is 19.4 Å². The third-order valence-electron chi connectivity index (χ3n) is 3.73. The van der Waals surface area contributed by atoms with Gasteiger partial charge in [-0.3, -0.25) is 0 Å². The molecule has 154 valence electrons. The second-order valence-corrected chi connectivity index (χ2v) is 6.76. The molecule has 3 rings (SSSR count). The van der Waals surface area contributed by atoms with Crippen molar-refractivity contribution >= 4 is 28.0 Å². The zero-order valence-corrected chi connectivity index (χ0v) is 16.1. The minimum atomic E-state index is -2.79. The Balaban J connectivity index is 1.89. The van der Waals surface area contributed by atoms with Crippen LogP contribution in [0.1, 0.15) is 0 Å². The largest absolute Gasteiger partial charge is 0.588 e. The molecule has 2 heterocycles. The van der Waals surface area contributed by atoms with Crippen molar-refractivity contribution < 1.29 is 31.9 Å². The number of nitrogens with one attached hydrogen (secondary N) is 1.